The van der Waals surface area contributed by atoms with Crippen LogP contribution in [0.1, 0.15) is 5.76 Å². The van der Waals surface area contributed by atoms with Crippen molar-refractivity contribution in [3.8, 4) is 11.3 Å². The van der Waals surface area contributed by atoms with E-state index in [0.717, 1.165) is 51.6 Å². The molecule has 0 saturated carbocycles. The smallest absolute Gasteiger partial charge is 0.137 e. The van der Waals surface area contributed by atoms with Crippen molar-refractivity contribution < 1.29 is 8.81 Å². The highest BCUT2D eigenvalue weighted by atomic mass is 19.1. The van der Waals surface area contributed by atoms with Crippen molar-refractivity contribution in [1.82, 2.24) is 24.6 Å². The fourth-order valence-corrected chi connectivity index (χ4v) is 3.25. The molecule has 1 aliphatic heterocycles. The summed E-state index contributed by atoms with van der Waals surface area (Å²) in [7, 11) is 0. The zero-order chi connectivity index (χ0) is 17.8. The van der Waals surface area contributed by atoms with E-state index in [2.05, 4.69) is 19.9 Å². The van der Waals surface area contributed by atoms with Gasteiger partial charge in [0.05, 0.1) is 18.7 Å². The topological polar surface area (TPSA) is 50.3 Å². The predicted octanol–water partition coefficient (Wildman–Crippen LogP) is 2.50. The van der Waals surface area contributed by atoms with Gasteiger partial charge in [0.1, 0.15) is 30.0 Å². The maximum atomic E-state index is 13.9. The molecule has 6 nitrogen and oxygen atoms in total. The third kappa shape index (κ3) is 4.00. The van der Waals surface area contributed by atoms with Crippen molar-refractivity contribution in [3.05, 3.63) is 60.6 Å². The van der Waals surface area contributed by atoms with Crippen LogP contribution >= 0.6 is 0 Å². The van der Waals surface area contributed by atoms with Crippen LogP contribution in [-0.4, -0.2) is 57.3 Å². The lowest BCUT2D eigenvalue weighted by Crippen LogP contribution is -2.46. The quantitative estimate of drug-likeness (QED) is 0.680. The first-order valence-electron chi connectivity index (χ1n) is 8.89. The normalized spacial score (nSPS) is 16.2. The molecular formula is C19H22FN5O. The van der Waals surface area contributed by atoms with Crippen molar-refractivity contribution >= 4 is 0 Å². The predicted molar refractivity (Wildman–Crippen MR) is 95.8 cm³/mol. The Morgan fingerprint density at radius 1 is 0.962 bits per heavy atom. The molecule has 1 saturated heterocycles. The molecule has 3 aromatic rings. The molecule has 3 heterocycles. The zero-order valence-electron chi connectivity index (χ0n) is 14.6. The average Bonchev–Trinajstić information content (AvgIpc) is 3.34. The van der Waals surface area contributed by atoms with Crippen LogP contribution in [0.5, 0.6) is 0 Å². The van der Waals surface area contributed by atoms with Crippen LogP contribution in [-0.2, 0) is 13.1 Å². The molecule has 136 valence electrons. The lowest BCUT2D eigenvalue weighted by molar-refractivity contribution is 0.117. The molecule has 1 aliphatic rings. The fourth-order valence-electron chi connectivity index (χ4n) is 3.25. The molecule has 0 amide bonds. The average molecular weight is 355 g/mol. The van der Waals surface area contributed by atoms with Gasteiger partial charge in [0.2, 0.25) is 0 Å². The first kappa shape index (κ1) is 16.9. The summed E-state index contributed by atoms with van der Waals surface area (Å²) in [4.78, 5) is 8.77. The second-order valence-electron chi connectivity index (χ2n) is 6.52. The van der Waals surface area contributed by atoms with Gasteiger partial charge in [0.25, 0.3) is 0 Å². The van der Waals surface area contributed by atoms with Crippen molar-refractivity contribution in [2.75, 3.05) is 32.7 Å². The van der Waals surface area contributed by atoms with Crippen molar-refractivity contribution in [3.63, 3.8) is 0 Å². The van der Waals surface area contributed by atoms with E-state index in [1.807, 2.05) is 22.9 Å². The summed E-state index contributed by atoms with van der Waals surface area (Å²) in [5.41, 5.74) is 0.511. The molecule has 0 N–H and O–H groups in total. The van der Waals surface area contributed by atoms with Gasteiger partial charge < -0.3 is 4.42 Å². The van der Waals surface area contributed by atoms with Gasteiger partial charge in [-0.25, -0.2) is 9.37 Å². The molecule has 4 rings (SSSR count). The first-order valence-corrected chi connectivity index (χ1v) is 8.89. The Balaban J connectivity index is 1.28. The lowest BCUT2D eigenvalue weighted by Gasteiger charge is -2.34. The standard InChI is InChI=1S/C19H22FN5O/c20-18-4-2-1-3-17(18)19-6-5-16(26-19)13-24-9-7-23(8-10-24)11-12-25-15-21-14-22-25/h1-6,14-15H,7-13H2. The Hall–Kier alpha value is -2.51. The zero-order valence-corrected chi connectivity index (χ0v) is 14.6. The number of piperazine rings is 1. The van der Waals surface area contributed by atoms with E-state index < -0.39 is 0 Å². The van der Waals surface area contributed by atoms with Crippen LogP contribution in [0, 0.1) is 5.82 Å². The molecule has 0 aliphatic carbocycles. The summed E-state index contributed by atoms with van der Waals surface area (Å²) in [6.07, 6.45) is 3.32. The minimum Gasteiger partial charge on any atom is -0.460 e. The number of hydrogen-bond acceptors (Lipinski definition) is 5. The first-order chi connectivity index (χ1) is 12.8. The Morgan fingerprint density at radius 2 is 1.77 bits per heavy atom. The van der Waals surface area contributed by atoms with Gasteiger partial charge in [-0.1, -0.05) is 12.1 Å². The third-order valence-electron chi connectivity index (χ3n) is 4.76. The minimum absolute atomic E-state index is 0.255. The van der Waals surface area contributed by atoms with Crippen LogP contribution in [0.4, 0.5) is 4.39 Å². The van der Waals surface area contributed by atoms with Gasteiger partial charge in [0, 0.05) is 32.7 Å². The maximum absolute atomic E-state index is 13.9. The molecule has 1 aromatic carbocycles. The molecule has 0 radical (unpaired) electrons. The molecule has 1 fully saturated rings. The van der Waals surface area contributed by atoms with Crippen molar-refractivity contribution in [2.45, 2.75) is 13.1 Å². The van der Waals surface area contributed by atoms with Crippen LogP contribution in [0.3, 0.4) is 0 Å². The van der Waals surface area contributed by atoms with Crippen LogP contribution in [0.15, 0.2) is 53.5 Å². The maximum Gasteiger partial charge on any atom is 0.137 e. The van der Waals surface area contributed by atoms with Crippen molar-refractivity contribution in [1.29, 1.82) is 0 Å². The summed E-state index contributed by atoms with van der Waals surface area (Å²) in [5, 5.41) is 4.13. The van der Waals surface area contributed by atoms with Gasteiger partial charge in [-0.15, -0.1) is 0 Å². The second-order valence-corrected chi connectivity index (χ2v) is 6.52. The van der Waals surface area contributed by atoms with E-state index in [1.54, 1.807) is 24.8 Å². The third-order valence-corrected chi connectivity index (χ3v) is 4.76. The molecule has 26 heavy (non-hydrogen) atoms. The number of aromatic nitrogens is 3. The van der Waals surface area contributed by atoms with Gasteiger partial charge in [-0.2, -0.15) is 5.10 Å². The molecular weight excluding hydrogens is 333 g/mol. The number of rotatable bonds is 6. The lowest BCUT2D eigenvalue weighted by atomic mass is 10.1. The summed E-state index contributed by atoms with van der Waals surface area (Å²) >= 11 is 0. The Labute approximate surface area is 151 Å². The van der Waals surface area contributed by atoms with E-state index in [4.69, 9.17) is 4.42 Å². The summed E-state index contributed by atoms with van der Waals surface area (Å²) in [6.45, 7) is 6.64. The van der Waals surface area contributed by atoms with E-state index in [1.165, 1.54) is 6.07 Å². The van der Waals surface area contributed by atoms with Gasteiger partial charge in [0.15, 0.2) is 0 Å². The van der Waals surface area contributed by atoms with E-state index in [0.29, 0.717) is 11.3 Å². The Kier molecular flexibility index (Phi) is 5.08. The number of furan rings is 1. The van der Waals surface area contributed by atoms with E-state index in [9.17, 15) is 4.39 Å². The van der Waals surface area contributed by atoms with Gasteiger partial charge in [-0.3, -0.25) is 14.5 Å². The monoisotopic (exact) mass is 355 g/mol. The number of benzene rings is 1. The molecule has 0 unspecified atom stereocenters. The highest BCUT2D eigenvalue weighted by Crippen LogP contribution is 2.25. The fraction of sp³-hybridized carbons (Fsp3) is 0.368. The van der Waals surface area contributed by atoms with E-state index >= 15 is 0 Å². The van der Waals surface area contributed by atoms with Crippen LogP contribution < -0.4 is 0 Å². The minimum atomic E-state index is -0.255. The Bertz CT molecular complexity index is 824. The summed E-state index contributed by atoms with van der Waals surface area (Å²) < 4.78 is 21.6. The molecule has 0 atom stereocenters. The summed E-state index contributed by atoms with van der Waals surface area (Å²) in [5.74, 6) is 1.21. The van der Waals surface area contributed by atoms with E-state index in [-0.39, 0.29) is 5.82 Å². The highest BCUT2D eigenvalue weighted by molar-refractivity contribution is 5.58. The van der Waals surface area contributed by atoms with Gasteiger partial charge in [-0.05, 0) is 24.3 Å². The number of halogens is 1. The summed E-state index contributed by atoms with van der Waals surface area (Å²) in [6, 6.07) is 10.5. The van der Waals surface area contributed by atoms with Gasteiger partial charge >= 0.3 is 0 Å². The Morgan fingerprint density at radius 3 is 2.54 bits per heavy atom. The second kappa shape index (κ2) is 7.80. The number of hydrogen-bond donors (Lipinski definition) is 0. The SMILES string of the molecule is Fc1ccccc1-c1ccc(CN2CCN(CCn3cncn3)CC2)o1. The molecule has 7 heteroatoms. The van der Waals surface area contributed by atoms with Crippen LogP contribution in [0.2, 0.25) is 0 Å². The molecule has 2 aromatic heterocycles. The van der Waals surface area contributed by atoms with Crippen LogP contribution in [0.25, 0.3) is 11.3 Å². The highest BCUT2D eigenvalue weighted by Gasteiger charge is 2.18. The number of nitrogens with zero attached hydrogens (tertiary/aromatic N) is 5. The van der Waals surface area contributed by atoms with Crippen molar-refractivity contribution in [2.24, 2.45) is 0 Å². The molecule has 0 bridgehead atoms. The molecule has 0 spiro atoms. The largest absolute Gasteiger partial charge is 0.460 e.